The third-order valence-electron chi connectivity index (χ3n) is 9.37. The van der Waals surface area contributed by atoms with Crippen LogP contribution in [0.2, 0.25) is 10.0 Å². The Balaban J connectivity index is 1.29. The Morgan fingerprint density at radius 1 is 0.979 bits per heavy atom. The average Bonchev–Trinajstić information content (AvgIpc) is 3.58. The molecule has 5 nitrogen and oxygen atoms in total. The quantitative estimate of drug-likeness (QED) is 0.160. The first-order valence-corrected chi connectivity index (χ1v) is 17.3. The zero-order valence-corrected chi connectivity index (χ0v) is 27.7. The van der Waals surface area contributed by atoms with Crippen LogP contribution in [0.4, 0.5) is 22.0 Å². The molecule has 1 N–H and O–H groups in total. The topological polar surface area (TPSA) is 50.2 Å². The van der Waals surface area contributed by atoms with E-state index >= 15 is 0 Å². The molecule has 7 rings (SSSR count). The molecule has 3 fully saturated rings. The monoisotopic (exact) mass is 718 g/mol. The van der Waals surface area contributed by atoms with E-state index in [9.17, 15) is 26.7 Å². The van der Waals surface area contributed by atoms with Gasteiger partial charge in [-0.15, -0.1) is 11.3 Å². The second-order valence-corrected chi connectivity index (χ2v) is 14.5. The van der Waals surface area contributed by atoms with Crippen LogP contribution in [0.25, 0.3) is 16.3 Å². The number of halogens is 7. The largest absolute Gasteiger partial charge is 0.416 e. The van der Waals surface area contributed by atoms with Crippen molar-refractivity contribution in [2.75, 3.05) is 13.1 Å². The number of piperidine rings is 1. The highest BCUT2D eigenvalue weighted by Gasteiger charge is 2.71. The highest BCUT2D eigenvalue weighted by molar-refractivity contribution is 7.16. The summed E-state index contributed by atoms with van der Waals surface area (Å²) in [7, 11) is 0. The Morgan fingerprint density at radius 2 is 1.69 bits per heavy atom. The number of fused-ring (bicyclic) bond motifs is 1. The fourth-order valence-electron chi connectivity index (χ4n) is 6.89. The Hall–Kier alpha value is -3.43. The molecule has 2 saturated carbocycles. The van der Waals surface area contributed by atoms with Gasteiger partial charge in [-0.25, -0.2) is 18.5 Å². The molecule has 13 heteroatoms. The Bertz CT molecular complexity index is 1910. The molecule has 4 aromatic rings. The predicted octanol–water partition coefficient (Wildman–Crippen LogP) is 9.29. The first-order chi connectivity index (χ1) is 22.9. The summed E-state index contributed by atoms with van der Waals surface area (Å²) in [6.07, 6.45) is -0.336. The first-order valence-electron chi connectivity index (χ1n) is 15.7. The van der Waals surface area contributed by atoms with Crippen LogP contribution >= 0.6 is 34.5 Å². The van der Waals surface area contributed by atoms with E-state index in [1.54, 1.807) is 28.9 Å². The number of hydrogen-bond acceptors (Lipinski definition) is 4. The number of carbonyl (C=O) groups is 1. The molecule has 2 aliphatic carbocycles. The van der Waals surface area contributed by atoms with Gasteiger partial charge in [-0.3, -0.25) is 10.2 Å². The standard InChI is InChI=1S/C35H29Cl2F5N4OS/c36-23-9-12-29(28(37)19-23)46-32(30-13-11-24(48-30)10-6-20-4-7-22(8-5-20)35(40,41)42)25(16-21-17-26-27(18-21)34(26,38)39)31(43-46)33(47)44-45-14-2-1-3-15-45/h4-5,7-9,11-13,19,21,26-27H,1-3,14-18H2,(H,44,47). The number of thiophene rings is 1. The summed E-state index contributed by atoms with van der Waals surface area (Å²) in [5.74, 6) is 1.62. The molecule has 48 heavy (non-hydrogen) atoms. The minimum atomic E-state index is -4.44. The van der Waals surface area contributed by atoms with E-state index < -0.39 is 29.5 Å². The van der Waals surface area contributed by atoms with E-state index in [-0.39, 0.29) is 17.5 Å². The SMILES string of the molecule is O=C(NN1CCCCC1)c1nn(-c2ccc(Cl)cc2Cl)c(-c2ccc(C#Cc3ccc(C(F)(F)F)cc3)s2)c1CC1CC2C(C1)C2(F)F. The van der Waals surface area contributed by atoms with Gasteiger partial charge in [-0.05, 0) is 92.6 Å². The molecule has 1 saturated heterocycles. The smallest absolute Gasteiger partial charge is 0.283 e. The van der Waals surface area contributed by atoms with Crippen molar-refractivity contribution in [3.05, 3.63) is 91.9 Å². The fourth-order valence-corrected chi connectivity index (χ4v) is 8.30. The normalized spacial score (nSPS) is 21.8. The number of benzene rings is 2. The molecule has 0 bridgehead atoms. The van der Waals surface area contributed by atoms with Crippen molar-refractivity contribution in [1.82, 2.24) is 20.2 Å². The Kier molecular flexibility index (Phi) is 8.82. The zero-order valence-electron chi connectivity index (χ0n) is 25.4. The summed E-state index contributed by atoms with van der Waals surface area (Å²) >= 11 is 14.2. The molecule has 2 unspecified atom stereocenters. The molecule has 250 valence electrons. The zero-order chi connectivity index (χ0) is 33.8. The molecule has 2 atom stereocenters. The van der Waals surface area contributed by atoms with Gasteiger partial charge in [-0.1, -0.05) is 41.5 Å². The molecule has 1 aliphatic heterocycles. The lowest BCUT2D eigenvalue weighted by atomic mass is 9.92. The summed E-state index contributed by atoms with van der Waals surface area (Å²) in [6, 6.07) is 13.2. The van der Waals surface area contributed by atoms with E-state index in [1.165, 1.54) is 23.5 Å². The number of aromatic nitrogens is 2. The van der Waals surface area contributed by atoms with Gasteiger partial charge in [0, 0.05) is 41.1 Å². The van der Waals surface area contributed by atoms with Crippen LogP contribution in [0, 0.1) is 29.6 Å². The molecular formula is C35H29Cl2F5N4OS. The number of hydrazine groups is 1. The van der Waals surface area contributed by atoms with Crippen molar-refractivity contribution in [1.29, 1.82) is 0 Å². The number of carbonyl (C=O) groups excluding carboxylic acids is 1. The van der Waals surface area contributed by atoms with E-state index in [0.29, 0.717) is 74.7 Å². The summed E-state index contributed by atoms with van der Waals surface area (Å²) in [4.78, 5) is 15.3. The summed E-state index contributed by atoms with van der Waals surface area (Å²) < 4.78 is 69.0. The van der Waals surface area contributed by atoms with Gasteiger partial charge in [0.1, 0.15) is 0 Å². The Labute approximate surface area is 288 Å². The minimum Gasteiger partial charge on any atom is -0.283 e. The second-order valence-electron chi connectivity index (χ2n) is 12.6. The van der Waals surface area contributed by atoms with Crippen molar-refractivity contribution in [2.24, 2.45) is 17.8 Å². The van der Waals surface area contributed by atoms with Gasteiger partial charge in [0.15, 0.2) is 5.69 Å². The van der Waals surface area contributed by atoms with E-state index in [2.05, 4.69) is 17.3 Å². The van der Waals surface area contributed by atoms with Crippen molar-refractivity contribution >= 4 is 40.4 Å². The number of nitrogens with one attached hydrogen (secondary N) is 1. The lowest BCUT2D eigenvalue weighted by molar-refractivity contribution is -0.137. The third-order valence-corrected chi connectivity index (χ3v) is 10.9. The van der Waals surface area contributed by atoms with E-state index in [0.717, 1.165) is 31.4 Å². The maximum atomic E-state index is 14.2. The molecule has 0 spiro atoms. The van der Waals surface area contributed by atoms with Crippen LogP contribution in [0.15, 0.2) is 54.6 Å². The van der Waals surface area contributed by atoms with Crippen LogP contribution < -0.4 is 5.43 Å². The van der Waals surface area contributed by atoms with Crippen LogP contribution in [0.5, 0.6) is 0 Å². The molecule has 1 amide bonds. The first kappa shape index (κ1) is 33.1. The molecule has 3 heterocycles. The lowest BCUT2D eigenvalue weighted by Gasteiger charge is -2.26. The number of rotatable bonds is 6. The number of hydrogen-bond donors (Lipinski definition) is 1. The van der Waals surface area contributed by atoms with Gasteiger partial charge >= 0.3 is 6.18 Å². The maximum Gasteiger partial charge on any atom is 0.416 e. The molecule has 3 aliphatic rings. The van der Waals surface area contributed by atoms with E-state index in [1.807, 2.05) is 11.1 Å². The number of nitrogens with zero attached hydrogens (tertiary/aromatic N) is 3. The van der Waals surface area contributed by atoms with Crippen LogP contribution in [-0.4, -0.2) is 39.7 Å². The maximum absolute atomic E-state index is 14.2. The van der Waals surface area contributed by atoms with Crippen molar-refractivity contribution < 1.29 is 26.7 Å². The van der Waals surface area contributed by atoms with Crippen LogP contribution in [0.3, 0.4) is 0 Å². The molecule has 2 aromatic carbocycles. The van der Waals surface area contributed by atoms with Crippen molar-refractivity contribution in [3.8, 4) is 28.1 Å². The predicted molar refractivity (Wildman–Crippen MR) is 176 cm³/mol. The summed E-state index contributed by atoms with van der Waals surface area (Å²) in [5.41, 5.74) is 4.59. The van der Waals surface area contributed by atoms with Gasteiger partial charge < -0.3 is 0 Å². The summed E-state index contributed by atoms with van der Waals surface area (Å²) in [6.45, 7) is 1.43. The molecule has 0 radical (unpaired) electrons. The number of alkyl halides is 5. The minimum absolute atomic E-state index is 0.0582. The second kappa shape index (κ2) is 12.8. The lowest BCUT2D eigenvalue weighted by Crippen LogP contribution is -2.45. The van der Waals surface area contributed by atoms with Gasteiger partial charge in [0.25, 0.3) is 11.8 Å². The van der Waals surface area contributed by atoms with Gasteiger partial charge in [-0.2, -0.15) is 18.3 Å². The average molecular weight is 720 g/mol. The van der Waals surface area contributed by atoms with Crippen LogP contribution in [-0.2, 0) is 12.6 Å². The van der Waals surface area contributed by atoms with E-state index in [4.69, 9.17) is 28.3 Å². The van der Waals surface area contributed by atoms with Gasteiger partial charge in [0.05, 0.1) is 31.7 Å². The van der Waals surface area contributed by atoms with Crippen LogP contribution in [0.1, 0.15) is 64.2 Å². The summed E-state index contributed by atoms with van der Waals surface area (Å²) in [5, 5.41) is 7.44. The fraction of sp³-hybridized carbons (Fsp3) is 0.371. The van der Waals surface area contributed by atoms with Crippen molar-refractivity contribution in [3.63, 3.8) is 0 Å². The van der Waals surface area contributed by atoms with Gasteiger partial charge in [0.2, 0.25) is 0 Å². The highest BCUT2D eigenvalue weighted by Crippen LogP contribution is 2.66. The molecular weight excluding hydrogens is 690 g/mol. The number of amides is 1. The molecule has 2 aromatic heterocycles. The Morgan fingerprint density at radius 3 is 2.35 bits per heavy atom. The highest BCUT2D eigenvalue weighted by atomic mass is 35.5. The third kappa shape index (κ3) is 6.60. The van der Waals surface area contributed by atoms with Crippen molar-refractivity contribution in [2.45, 2.75) is 50.6 Å².